The van der Waals surface area contributed by atoms with E-state index in [-0.39, 0.29) is 12.0 Å². The van der Waals surface area contributed by atoms with Gasteiger partial charge in [0.05, 0.1) is 10.2 Å². The first-order valence-corrected chi connectivity index (χ1v) is 11.9. The van der Waals surface area contributed by atoms with Crippen LogP contribution in [0.4, 0.5) is 0 Å². The summed E-state index contributed by atoms with van der Waals surface area (Å²) in [6, 6.07) is 12.2. The van der Waals surface area contributed by atoms with Gasteiger partial charge in [-0.25, -0.2) is 4.98 Å². The maximum Gasteiger partial charge on any atom is 0.274 e. The highest BCUT2D eigenvalue weighted by molar-refractivity contribution is 7.99. The molecule has 29 heavy (non-hydrogen) atoms. The molecule has 1 aliphatic rings. The summed E-state index contributed by atoms with van der Waals surface area (Å²) in [5.74, 6) is 1.15. The van der Waals surface area contributed by atoms with Gasteiger partial charge >= 0.3 is 0 Å². The van der Waals surface area contributed by atoms with Crippen molar-refractivity contribution in [3.63, 3.8) is 0 Å². The van der Waals surface area contributed by atoms with Crippen LogP contribution in [-0.4, -0.2) is 40.7 Å². The van der Waals surface area contributed by atoms with E-state index in [1.165, 1.54) is 20.7 Å². The molecule has 152 valence electrons. The Labute approximate surface area is 180 Å². The van der Waals surface area contributed by atoms with Gasteiger partial charge in [0, 0.05) is 36.4 Å². The van der Waals surface area contributed by atoms with Crippen LogP contribution in [0.3, 0.4) is 0 Å². The fourth-order valence-electron chi connectivity index (χ4n) is 3.65. The number of fused-ring (bicyclic) bond motifs is 1. The van der Waals surface area contributed by atoms with E-state index in [0.717, 1.165) is 48.0 Å². The van der Waals surface area contributed by atoms with Crippen molar-refractivity contribution in [3.8, 4) is 5.19 Å². The van der Waals surface area contributed by atoms with Crippen molar-refractivity contribution < 1.29 is 9.53 Å². The Hall–Kier alpha value is -2.05. The molecule has 6 heteroatoms. The summed E-state index contributed by atoms with van der Waals surface area (Å²) in [6.07, 6.45) is 1.79. The Kier molecular flexibility index (Phi) is 6.11. The van der Waals surface area contributed by atoms with Gasteiger partial charge in [-0.05, 0) is 55.0 Å². The number of benzene rings is 2. The highest BCUT2D eigenvalue weighted by Crippen LogP contribution is 2.33. The molecular formula is C23H26N2O2S2. The Morgan fingerprint density at radius 2 is 1.83 bits per heavy atom. The third-order valence-corrected chi connectivity index (χ3v) is 7.31. The van der Waals surface area contributed by atoms with Crippen LogP contribution in [0.15, 0.2) is 41.3 Å². The van der Waals surface area contributed by atoms with Gasteiger partial charge in [-0.15, -0.1) is 11.8 Å². The van der Waals surface area contributed by atoms with Crippen LogP contribution in [0, 0.1) is 13.8 Å². The largest absolute Gasteiger partial charge is 0.467 e. The SMILES string of the molecule is CCSc1ccc(C(=O)N2CCC(Oc3nc4c(C)ccc(C)c4s3)CC2)cc1. The number of piperidine rings is 1. The van der Waals surface area contributed by atoms with Crippen LogP contribution in [0.5, 0.6) is 5.19 Å². The molecule has 0 atom stereocenters. The number of hydrogen-bond acceptors (Lipinski definition) is 5. The number of likely N-dealkylation sites (tertiary alicyclic amines) is 1. The smallest absolute Gasteiger partial charge is 0.274 e. The maximum absolute atomic E-state index is 12.8. The average Bonchev–Trinajstić information content (AvgIpc) is 3.17. The molecule has 1 fully saturated rings. The highest BCUT2D eigenvalue weighted by atomic mass is 32.2. The minimum atomic E-state index is 0.114. The second-order valence-electron chi connectivity index (χ2n) is 7.42. The summed E-state index contributed by atoms with van der Waals surface area (Å²) in [5.41, 5.74) is 4.23. The van der Waals surface area contributed by atoms with Crippen LogP contribution in [0.1, 0.15) is 41.3 Å². The molecule has 4 nitrogen and oxygen atoms in total. The fraction of sp³-hybridized carbons (Fsp3) is 0.391. The number of thioether (sulfide) groups is 1. The molecular weight excluding hydrogens is 400 g/mol. The number of aromatic nitrogens is 1. The molecule has 1 aromatic heterocycles. The van der Waals surface area contributed by atoms with Crippen LogP contribution in [0.25, 0.3) is 10.2 Å². The molecule has 1 aliphatic heterocycles. The number of carbonyl (C=O) groups is 1. The van der Waals surface area contributed by atoms with Gasteiger partial charge in [-0.1, -0.05) is 30.4 Å². The van der Waals surface area contributed by atoms with Crippen molar-refractivity contribution in [1.82, 2.24) is 9.88 Å². The first-order valence-electron chi connectivity index (χ1n) is 10.1. The summed E-state index contributed by atoms with van der Waals surface area (Å²) in [4.78, 5) is 20.6. The zero-order valence-electron chi connectivity index (χ0n) is 17.1. The zero-order valence-corrected chi connectivity index (χ0v) is 18.7. The standard InChI is InChI=1S/C23H26N2O2S2/c1-4-28-19-9-7-17(8-10-19)22(26)25-13-11-18(12-14-25)27-23-24-20-15(2)5-6-16(3)21(20)29-23/h5-10,18H,4,11-14H2,1-3H3. The van der Waals surface area contributed by atoms with Crippen LogP contribution >= 0.6 is 23.1 Å². The average molecular weight is 427 g/mol. The van der Waals surface area contributed by atoms with Gasteiger partial charge in [-0.3, -0.25) is 4.79 Å². The molecule has 1 saturated heterocycles. The summed E-state index contributed by atoms with van der Waals surface area (Å²) in [6.45, 7) is 7.77. The van der Waals surface area contributed by atoms with Crippen LogP contribution < -0.4 is 4.74 Å². The monoisotopic (exact) mass is 426 g/mol. The molecule has 0 saturated carbocycles. The number of hydrogen-bond donors (Lipinski definition) is 0. The predicted octanol–water partition coefficient (Wildman–Crippen LogP) is 5.71. The predicted molar refractivity (Wildman–Crippen MR) is 121 cm³/mol. The molecule has 0 spiro atoms. The van der Waals surface area contributed by atoms with E-state index in [9.17, 15) is 4.79 Å². The summed E-state index contributed by atoms with van der Waals surface area (Å²) < 4.78 is 7.40. The molecule has 0 radical (unpaired) electrons. The van der Waals surface area contributed by atoms with E-state index in [1.807, 2.05) is 29.2 Å². The van der Waals surface area contributed by atoms with E-state index in [4.69, 9.17) is 9.72 Å². The fourth-order valence-corrected chi connectivity index (χ4v) is 5.34. The van der Waals surface area contributed by atoms with E-state index in [0.29, 0.717) is 0 Å². The van der Waals surface area contributed by atoms with E-state index in [1.54, 1.807) is 23.1 Å². The van der Waals surface area contributed by atoms with Crippen molar-refractivity contribution in [3.05, 3.63) is 53.1 Å². The van der Waals surface area contributed by atoms with Crippen molar-refractivity contribution in [2.24, 2.45) is 0 Å². The van der Waals surface area contributed by atoms with E-state index in [2.05, 4.69) is 32.9 Å². The van der Waals surface area contributed by atoms with Crippen LogP contribution in [0.2, 0.25) is 0 Å². The quantitative estimate of drug-likeness (QED) is 0.490. The number of nitrogens with zero attached hydrogens (tertiary/aromatic N) is 2. The van der Waals surface area contributed by atoms with E-state index >= 15 is 0 Å². The first kappa shape index (κ1) is 20.2. The number of amides is 1. The third kappa shape index (κ3) is 4.43. The second-order valence-corrected chi connectivity index (χ2v) is 9.72. The lowest BCUT2D eigenvalue weighted by Gasteiger charge is -2.31. The molecule has 0 N–H and O–H groups in total. The maximum atomic E-state index is 12.8. The normalized spacial score (nSPS) is 15.1. The van der Waals surface area contributed by atoms with Gasteiger partial charge in [0.15, 0.2) is 0 Å². The molecule has 2 aromatic carbocycles. The Balaban J connectivity index is 1.36. The number of aryl methyl sites for hydroxylation is 2. The molecule has 1 amide bonds. The summed E-state index contributed by atoms with van der Waals surface area (Å²) in [7, 11) is 0. The van der Waals surface area contributed by atoms with Gasteiger partial charge in [-0.2, -0.15) is 0 Å². The minimum absolute atomic E-state index is 0.114. The van der Waals surface area contributed by atoms with E-state index < -0.39 is 0 Å². The zero-order chi connectivity index (χ0) is 20.4. The Morgan fingerprint density at radius 1 is 1.14 bits per heavy atom. The van der Waals surface area contributed by atoms with Gasteiger partial charge in [0.2, 0.25) is 0 Å². The van der Waals surface area contributed by atoms with Gasteiger partial charge in [0.1, 0.15) is 6.10 Å². The molecule has 3 aromatic rings. The Morgan fingerprint density at radius 3 is 2.48 bits per heavy atom. The third-order valence-electron chi connectivity index (χ3n) is 5.33. The number of rotatable bonds is 5. The summed E-state index contributed by atoms with van der Waals surface area (Å²) >= 11 is 3.41. The van der Waals surface area contributed by atoms with Crippen LogP contribution in [-0.2, 0) is 0 Å². The second kappa shape index (κ2) is 8.76. The lowest BCUT2D eigenvalue weighted by molar-refractivity contribution is 0.0595. The number of thiazole rings is 1. The molecule has 0 bridgehead atoms. The van der Waals surface area contributed by atoms with Crippen molar-refractivity contribution in [2.75, 3.05) is 18.8 Å². The van der Waals surface area contributed by atoms with Crippen molar-refractivity contribution >= 4 is 39.2 Å². The Bertz CT molecular complexity index is 967. The highest BCUT2D eigenvalue weighted by Gasteiger charge is 2.25. The summed E-state index contributed by atoms with van der Waals surface area (Å²) in [5, 5.41) is 0.742. The van der Waals surface area contributed by atoms with Crippen molar-refractivity contribution in [1.29, 1.82) is 0 Å². The topological polar surface area (TPSA) is 42.4 Å². The van der Waals surface area contributed by atoms with Gasteiger partial charge in [0.25, 0.3) is 11.1 Å². The lowest BCUT2D eigenvalue weighted by Crippen LogP contribution is -2.41. The van der Waals surface area contributed by atoms with Gasteiger partial charge < -0.3 is 9.64 Å². The molecule has 0 unspecified atom stereocenters. The first-order chi connectivity index (χ1) is 14.0. The lowest BCUT2D eigenvalue weighted by atomic mass is 10.1. The number of ether oxygens (including phenoxy) is 1. The molecule has 4 rings (SSSR count). The minimum Gasteiger partial charge on any atom is -0.467 e. The molecule has 2 heterocycles. The molecule has 0 aliphatic carbocycles. The number of carbonyl (C=O) groups excluding carboxylic acids is 1. The van der Waals surface area contributed by atoms with Crippen molar-refractivity contribution in [2.45, 2.75) is 44.6 Å².